The lowest BCUT2D eigenvalue weighted by Crippen LogP contribution is -2.28. The molecule has 3 aromatic heterocycles. The van der Waals surface area contributed by atoms with Gasteiger partial charge in [0, 0.05) is 65.4 Å². The third kappa shape index (κ3) is 20.0. The predicted octanol–water partition coefficient (Wildman–Crippen LogP) is 15.9. The average Bonchev–Trinajstić information content (AvgIpc) is 3.89. The van der Waals surface area contributed by atoms with Gasteiger partial charge in [0.1, 0.15) is 0 Å². The van der Waals surface area contributed by atoms with Gasteiger partial charge in [0.15, 0.2) is 0 Å². The Morgan fingerprint density at radius 2 is 0.537 bits per heavy atom. The van der Waals surface area contributed by atoms with Crippen LogP contribution in [0.3, 0.4) is 0 Å². The molecule has 3 heterocycles. The molecule has 0 spiro atoms. The second-order valence-electron chi connectivity index (χ2n) is 23.8. The molecular weight excluding hydrogens is 1180 g/mol. The minimum absolute atomic E-state index is 0.0543. The number of anilines is 9. The van der Waals surface area contributed by atoms with Crippen molar-refractivity contribution in [3.05, 3.63) is 286 Å². The highest BCUT2D eigenvalue weighted by atomic mass is 15.4. The molecule has 0 amide bonds. The summed E-state index contributed by atoms with van der Waals surface area (Å²) >= 11 is 0. The molecule has 0 aliphatic rings. The summed E-state index contributed by atoms with van der Waals surface area (Å²) in [7, 11) is 0. The van der Waals surface area contributed by atoms with E-state index in [2.05, 4.69) is 244 Å². The lowest BCUT2D eigenvalue weighted by Gasteiger charge is -2.24. The minimum Gasteiger partial charge on any atom is -0.350 e. The maximum Gasteiger partial charge on any atom is 0.232 e. The van der Waals surface area contributed by atoms with Crippen molar-refractivity contribution in [1.82, 2.24) is 44.9 Å². The molecule has 484 valence electrons. The SMILES string of the molecule is CCCCN(CCCC)c1nc(NCc2cccc(CNc3nc(N[C@@H](C)c4ccccc4)nc(N(Cc4ccccc4)Cc4ccccc4)n3)c2)nc(NCc2cccc(CNc3nc(N[C@@H](C)c4ccccc4)nc(N(Cc4ccccc4)Cc4ccccc4)n3)c2)n1. The molecular formula is C77H86N18. The van der Waals surface area contributed by atoms with Crippen LogP contribution in [-0.2, 0) is 52.4 Å². The first-order valence-electron chi connectivity index (χ1n) is 33.2. The van der Waals surface area contributed by atoms with Crippen LogP contribution < -0.4 is 46.6 Å². The van der Waals surface area contributed by atoms with Crippen LogP contribution in [0.1, 0.15) is 121 Å². The van der Waals surface area contributed by atoms with Gasteiger partial charge in [0.05, 0.1) is 12.1 Å². The number of hydrogen-bond acceptors (Lipinski definition) is 18. The van der Waals surface area contributed by atoms with Crippen molar-refractivity contribution in [2.75, 3.05) is 59.7 Å². The number of unbranched alkanes of at least 4 members (excludes halogenated alkanes) is 2. The van der Waals surface area contributed by atoms with Crippen LogP contribution >= 0.6 is 0 Å². The van der Waals surface area contributed by atoms with Crippen LogP contribution in [0.5, 0.6) is 0 Å². The Labute approximate surface area is 559 Å². The molecule has 0 bridgehead atoms. The van der Waals surface area contributed by atoms with E-state index in [1.165, 1.54) is 0 Å². The molecule has 0 aliphatic heterocycles. The fraction of sp³-hybridized carbons (Fsp3) is 0.260. The maximum atomic E-state index is 5.09. The Balaban J connectivity index is 0.795. The fourth-order valence-corrected chi connectivity index (χ4v) is 11.0. The minimum atomic E-state index is -0.0543. The summed E-state index contributed by atoms with van der Waals surface area (Å²) < 4.78 is 0. The summed E-state index contributed by atoms with van der Waals surface area (Å²) in [5.74, 6) is 4.66. The average molecular weight is 1260 g/mol. The molecule has 11 aromatic rings. The van der Waals surface area contributed by atoms with Crippen LogP contribution in [0.25, 0.3) is 0 Å². The van der Waals surface area contributed by atoms with Gasteiger partial charge in [0.2, 0.25) is 53.5 Å². The van der Waals surface area contributed by atoms with Gasteiger partial charge in [-0.15, -0.1) is 0 Å². The summed E-state index contributed by atoms with van der Waals surface area (Å²) in [6.07, 6.45) is 4.16. The monoisotopic (exact) mass is 1260 g/mol. The molecule has 2 atom stereocenters. The third-order valence-corrected chi connectivity index (χ3v) is 16.2. The quantitative estimate of drug-likeness (QED) is 0.0219. The molecule has 0 fully saturated rings. The smallest absolute Gasteiger partial charge is 0.232 e. The van der Waals surface area contributed by atoms with E-state index < -0.39 is 0 Å². The van der Waals surface area contributed by atoms with Crippen molar-refractivity contribution in [2.24, 2.45) is 0 Å². The zero-order valence-electron chi connectivity index (χ0n) is 54.9. The highest BCUT2D eigenvalue weighted by molar-refractivity contribution is 5.50. The first kappa shape index (κ1) is 65.5. The molecule has 18 nitrogen and oxygen atoms in total. The van der Waals surface area contributed by atoms with Gasteiger partial charge in [-0.2, -0.15) is 44.9 Å². The molecule has 6 N–H and O–H groups in total. The van der Waals surface area contributed by atoms with Crippen molar-refractivity contribution in [1.29, 1.82) is 0 Å². The van der Waals surface area contributed by atoms with E-state index >= 15 is 0 Å². The van der Waals surface area contributed by atoms with Crippen molar-refractivity contribution < 1.29 is 0 Å². The number of nitrogens with zero attached hydrogens (tertiary/aromatic N) is 12. The van der Waals surface area contributed by atoms with Gasteiger partial charge in [-0.05, 0) is 82.3 Å². The highest BCUT2D eigenvalue weighted by Crippen LogP contribution is 2.27. The Bertz CT molecular complexity index is 3740. The Morgan fingerprint density at radius 3 is 0.832 bits per heavy atom. The third-order valence-electron chi connectivity index (χ3n) is 16.2. The lowest BCUT2D eigenvalue weighted by molar-refractivity contribution is 0.661. The number of hydrogen-bond donors (Lipinski definition) is 6. The molecule has 0 aliphatic carbocycles. The van der Waals surface area contributed by atoms with E-state index in [1.54, 1.807) is 0 Å². The van der Waals surface area contributed by atoms with Crippen LogP contribution in [0, 0.1) is 0 Å². The van der Waals surface area contributed by atoms with E-state index in [-0.39, 0.29) is 12.1 Å². The van der Waals surface area contributed by atoms with E-state index in [0.29, 0.717) is 106 Å². The standard InChI is InChI=1S/C77H86N18/c1-5-7-45-93(46-8-6-2)75-87-69(78-49-63-37-27-39-65(47-63)51-80-71-85-73(82-57(3)67-41-23-13-24-42-67)91-76(89-71)94(53-59-29-15-9-16-30-59)54-60-31-17-10-18-32-60)84-70(88-75)79-50-64-38-28-40-66(48-64)52-81-72-86-74(83-58(4)68-43-25-14-26-44-68)92-77(90-72)95(55-61-33-19-11-20-34-61)56-62-35-21-12-22-36-62/h9-44,47-48,57-58H,5-8,45-46,49-56H2,1-4H3,(H2,78,79,84,87,88)(H2,80,82,85,89,91)(H2,81,83,86,90,92)/t57-,58-/m0/s1. The number of benzene rings is 8. The zero-order valence-corrected chi connectivity index (χ0v) is 54.9. The number of rotatable bonds is 35. The molecule has 0 saturated carbocycles. The van der Waals surface area contributed by atoms with Crippen LogP contribution in [0.2, 0.25) is 0 Å². The summed E-state index contributed by atoms with van der Waals surface area (Å²) in [5, 5.41) is 21.4. The second-order valence-corrected chi connectivity index (χ2v) is 23.8. The predicted molar refractivity (Wildman–Crippen MR) is 386 cm³/mol. The van der Waals surface area contributed by atoms with E-state index in [9.17, 15) is 0 Å². The van der Waals surface area contributed by atoms with E-state index in [4.69, 9.17) is 44.9 Å². The Morgan fingerprint density at radius 1 is 0.284 bits per heavy atom. The van der Waals surface area contributed by atoms with E-state index in [1.807, 2.05) is 60.7 Å². The first-order chi connectivity index (χ1) is 46.7. The van der Waals surface area contributed by atoms with Gasteiger partial charge in [0.25, 0.3) is 0 Å². The Kier molecular flexibility index (Phi) is 23.5. The van der Waals surface area contributed by atoms with Gasteiger partial charge >= 0.3 is 0 Å². The largest absolute Gasteiger partial charge is 0.350 e. The van der Waals surface area contributed by atoms with Gasteiger partial charge in [-0.3, -0.25) is 0 Å². The van der Waals surface area contributed by atoms with Gasteiger partial charge in [-0.25, -0.2) is 0 Å². The summed E-state index contributed by atoms with van der Waals surface area (Å²) in [6, 6.07) is 79.3. The molecule has 0 radical (unpaired) electrons. The summed E-state index contributed by atoms with van der Waals surface area (Å²) in [6.45, 7) is 14.7. The van der Waals surface area contributed by atoms with Gasteiger partial charge < -0.3 is 46.6 Å². The molecule has 95 heavy (non-hydrogen) atoms. The van der Waals surface area contributed by atoms with Crippen molar-refractivity contribution >= 4 is 53.5 Å². The van der Waals surface area contributed by atoms with Crippen molar-refractivity contribution in [3.63, 3.8) is 0 Å². The van der Waals surface area contributed by atoms with Gasteiger partial charge in [-0.1, -0.05) is 257 Å². The number of aromatic nitrogens is 9. The summed E-state index contributed by atoms with van der Waals surface area (Å²) in [4.78, 5) is 52.0. The lowest BCUT2D eigenvalue weighted by atomic mass is 10.1. The molecule has 18 heteroatoms. The molecule has 0 unspecified atom stereocenters. The maximum absolute atomic E-state index is 5.09. The second kappa shape index (κ2) is 34.1. The van der Waals surface area contributed by atoms with Crippen LogP contribution in [0.4, 0.5) is 53.5 Å². The topological polar surface area (TPSA) is 198 Å². The van der Waals surface area contributed by atoms with Crippen LogP contribution in [-0.4, -0.2) is 57.9 Å². The summed E-state index contributed by atoms with van der Waals surface area (Å²) in [5.41, 5.74) is 11.1. The fourth-order valence-electron chi connectivity index (χ4n) is 11.0. The zero-order chi connectivity index (χ0) is 65.2. The first-order valence-corrected chi connectivity index (χ1v) is 33.2. The van der Waals surface area contributed by atoms with Crippen molar-refractivity contribution in [3.8, 4) is 0 Å². The normalized spacial score (nSPS) is 11.7. The number of nitrogens with one attached hydrogen (secondary N) is 6. The van der Waals surface area contributed by atoms with Crippen molar-refractivity contribution in [2.45, 2.75) is 118 Å². The molecule has 0 saturated heterocycles. The highest BCUT2D eigenvalue weighted by Gasteiger charge is 2.21. The van der Waals surface area contributed by atoms with E-state index in [0.717, 1.165) is 94.4 Å². The molecule has 11 rings (SSSR count). The Hall–Kier alpha value is -11.0. The molecule has 8 aromatic carbocycles. The van der Waals surface area contributed by atoms with Crippen LogP contribution in [0.15, 0.2) is 231 Å².